The quantitative estimate of drug-likeness (QED) is 0.146. The van der Waals surface area contributed by atoms with E-state index in [1.54, 1.807) is 91.0 Å². The zero-order valence-electron chi connectivity index (χ0n) is 42.7. The molecule has 0 fully saturated rings. The number of nitriles is 5. The highest BCUT2D eigenvalue weighted by Crippen LogP contribution is 2.49. The van der Waals surface area contributed by atoms with Crippen LogP contribution in [0.3, 0.4) is 0 Å². The van der Waals surface area contributed by atoms with Crippen molar-refractivity contribution in [2.75, 3.05) is 0 Å². The molecule has 10 aromatic carbocycles. The summed E-state index contributed by atoms with van der Waals surface area (Å²) in [6.07, 6.45) is 0. The van der Waals surface area contributed by atoms with E-state index in [1.165, 1.54) is 0 Å². The van der Waals surface area contributed by atoms with Crippen LogP contribution < -0.4 is 0 Å². The first-order valence-corrected chi connectivity index (χ1v) is 25.1. The second-order valence-electron chi connectivity index (χ2n) is 19.0. The van der Waals surface area contributed by atoms with Crippen LogP contribution >= 0.6 is 0 Å². The molecular weight excluding hydrogens is 1010 g/mol. The van der Waals surface area contributed by atoms with Gasteiger partial charge in [0.2, 0.25) is 5.69 Å². The highest BCUT2D eigenvalue weighted by Gasteiger charge is 2.26. The number of rotatable bonds is 7. The van der Waals surface area contributed by atoms with E-state index in [2.05, 4.69) is 54.6 Å². The maximum atomic E-state index is 10.4. The Balaban J connectivity index is 1.20. The minimum absolute atomic E-state index is 0.241. The number of fused-ring (bicyclic) bond motifs is 6. The molecule has 82 heavy (non-hydrogen) atoms. The fourth-order valence-corrected chi connectivity index (χ4v) is 11.1. The van der Waals surface area contributed by atoms with E-state index in [0.717, 1.165) is 21.5 Å². The number of nitrogens with zero attached hydrogens (tertiary/aromatic N) is 12. The van der Waals surface area contributed by atoms with Crippen molar-refractivity contribution in [1.82, 2.24) is 9.13 Å². The largest absolute Gasteiger partial charge is 0.319 e. The summed E-state index contributed by atoms with van der Waals surface area (Å²) in [4.78, 5) is 18.9. The van der Waals surface area contributed by atoms with Gasteiger partial charge in [0.1, 0.15) is 0 Å². The molecule has 0 atom stereocenters. The van der Waals surface area contributed by atoms with Crippen LogP contribution in [0.5, 0.6) is 0 Å². The van der Waals surface area contributed by atoms with Crippen LogP contribution in [0.25, 0.3) is 135 Å². The molecule has 12 heteroatoms. The topological polar surface area (TPSA) is 151 Å². The number of hydrogen-bond acceptors (Lipinski definition) is 5. The van der Waals surface area contributed by atoms with E-state index in [9.17, 15) is 32.9 Å². The van der Waals surface area contributed by atoms with Crippen molar-refractivity contribution in [3.63, 3.8) is 0 Å². The lowest BCUT2D eigenvalue weighted by molar-refractivity contribution is 1.15. The van der Waals surface area contributed by atoms with Gasteiger partial charge in [-0.05, 0) is 147 Å². The molecule has 12 aromatic rings. The van der Waals surface area contributed by atoms with Crippen LogP contribution in [0.15, 0.2) is 182 Å². The summed E-state index contributed by atoms with van der Waals surface area (Å²) < 4.78 is 4.07. The summed E-state index contributed by atoms with van der Waals surface area (Å²) in [6, 6.07) is 65.6. The van der Waals surface area contributed by atoms with E-state index >= 15 is 0 Å². The van der Waals surface area contributed by atoms with E-state index < -0.39 is 0 Å². The van der Waals surface area contributed by atoms with Gasteiger partial charge in [0.15, 0.2) is 22.7 Å². The van der Waals surface area contributed by atoms with Crippen LogP contribution in [0.4, 0.5) is 28.4 Å². The van der Waals surface area contributed by atoms with E-state index in [4.69, 9.17) is 26.3 Å². The Morgan fingerprint density at radius 1 is 0.317 bits per heavy atom. The monoisotopic (exact) mass is 1040 g/mol. The summed E-state index contributed by atoms with van der Waals surface area (Å²) in [7, 11) is 0. The maximum Gasteiger partial charge on any atom is 0.234 e. The molecule has 12 nitrogen and oxygen atoms in total. The van der Waals surface area contributed by atoms with Crippen molar-refractivity contribution in [2.24, 2.45) is 0 Å². The highest BCUT2D eigenvalue weighted by molar-refractivity contribution is 6.15. The average molecular weight is 1040 g/mol. The summed E-state index contributed by atoms with van der Waals surface area (Å²) >= 11 is 0. The zero-order valence-corrected chi connectivity index (χ0v) is 42.7. The fraction of sp³-hybridized carbons (Fsp3) is 0. The molecule has 0 saturated carbocycles. The van der Waals surface area contributed by atoms with Crippen LogP contribution in [0.1, 0.15) is 27.8 Å². The minimum Gasteiger partial charge on any atom is -0.319 e. The van der Waals surface area contributed by atoms with Gasteiger partial charge >= 0.3 is 0 Å². The Morgan fingerprint density at radius 2 is 0.732 bits per heavy atom. The Bertz CT molecular complexity index is 5040. The fourth-order valence-electron chi connectivity index (χ4n) is 11.1. The Hall–Kier alpha value is -13.3. The summed E-state index contributed by atoms with van der Waals surface area (Å²) in [5, 5.41) is 54.0. The Kier molecular flexibility index (Phi) is 12.1. The van der Waals surface area contributed by atoms with Crippen molar-refractivity contribution in [1.29, 1.82) is 26.3 Å². The van der Waals surface area contributed by atoms with Gasteiger partial charge in [-0.3, -0.25) is 0 Å². The average Bonchev–Trinajstić information content (AvgIpc) is 2.02. The van der Waals surface area contributed by atoms with Gasteiger partial charge in [-0.15, -0.1) is 0 Å². The van der Waals surface area contributed by atoms with Crippen molar-refractivity contribution >= 4 is 72.0 Å². The molecule has 0 aliphatic heterocycles. The standard InChI is InChI=1S/C70H30N12/c1-76-51-14-18-55(49(29-51)39-74)45-11-23-65-60(32-45)59-31-44(54-17-9-42(37-72)28-48(54)38-73)10-22-64(59)81(65)68-26-21-58(43-8-6-7-41(27-43)36-71)70(69(68)80-5)82-66-24-12-46(56-19-15-52(77-2)30-50(56)40-75)33-61(66)62-34-47(13-25-67(62)82)57-20-16-53(78-3)35-63(57)79-4/h6-35H. The van der Waals surface area contributed by atoms with E-state index in [0.29, 0.717) is 140 Å². The third-order valence-electron chi connectivity index (χ3n) is 14.8. The van der Waals surface area contributed by atoms with E-state index in [1.807, 2.05) is 100 Å². The zero-order chi connectivity index (χ0) is 56.8. The molecule has 0 radical (unpaired) electrons. The number of hydrogen-bond donors (Lipinski definition) is 0. The number of benzene rings is 10. The second kappa shape index (κ2) is 20.0. The lowest BCUT2D eigenvalue weighted by Gasteiger charge is -2.20. The predicted octanol–water partition coefficient (Wildman–Crippen LogP) is 18.3. The molecule has 12 rings (SSSR count). The van der Waals surface area contributed by atoms with E-state index in [-0.39, 0.29) is 5.69 Å². The van der Waals surface area contributed by atoms with Gasteiger partial charge in [0.25, 0.3) is 0 Å². The van der Waals surface area contributed by atoms with Crippen LogP contribution in [-0.2, 0) is 0 Å². The lowest BCUT2D eigenvalue weighted by atomic mass is 9.95. The van der Waals surface area contributed by atoms with Gasteiger partial charge in [-0.1, -0.05) is 91.0 Å². The SMILES string of the molecule is [C-]#[N+]c1ccc(-c2ccc3c(c2)c2cc(-c4ccc(C#N)cc4C#N)ccc2n3-c2ccc(-c3cccc(C#N)c3)c(-n3c4ccc(-c5ccc([N+]#[C-])cc5C#N)cc4c4cc(-c5ccc([N+]#[C-])cc5[N+]#[C-])ccc43)c2[N+]#[C-])c(C#N)c1. The molecule has 0 amide bonds. The molecule has 370 valence electrons. The van der Waals surface area contributed by atoms with Crippen LogP contribution in [0, 0.1) is 89.5 Å². The van der Waals surface area contributed by atoms with Crippen LogP contribution in [0.2, 0.25) is 0 Å². The van der Waals surface area contributed by atoms with Gasteiger partial charge in [-0.2, -0.15) is 26.3 Å². The van der Waals surface area contributed by atoms with Crippen molar-refractivity contribution in [3.8, 4) is 97.4 Å². The molecule has 0 aliphatic rings. The van der Waals surface area contributed by atoms with Crippen LogP contribution in [-0.4, -0.2) is 9.13 Å². The summed E-state index contributed by atoms with van der Waals surface area (Å²) in [6.45, 7) is 40.3. The second-order valence-corrected chi connectivity index (χ2v) is 19.0. The predicted molar refractivity (Wildman–Crippen MR) is 317 cm³/mol. The third-order valence-corrected chi connectivity index (χ3v) is 14.8. The first-order chi connectivity index (χ1) is 40.2. The molecule has 0 N–H and O–H groups in total. The maximum absolute atomic E-state index is 10.4. The normalized spacial score (nSPS) is 10.6. The third kappa shape index (κ3) is 8.00. The smallest absolute Gasteiger partial charge is 0.234 e. The Labute approximate surface area is 469 Å². The van der Waals surface area contributed by atoms with Gasteiger partial charge in [-0.25, -0.2) is 24.2 Å². The summed E-state index contributed by atoms with van der Waals surface area (Å²) in [5.74, 6) is 0. The molecule has 0 aliphatic carbocycles. The number of aromatic nitrogens is 2. The van der Waals surface area contributed by atoms with Crippen molar-refractivity contribution in [3.05, 3.63) is 267 Å². The highest BCUT2D eigenvalue weighted by atomic mass is 15.1. The summed E-state index contributed by atoms with van der Waals surface area (Å²) in [5.41, 5.74) is 13.6. The van der Waals surface area contributed by atoms with Gasteiger partial charge in [0, 0.05) is 32.7 Å². The van der Waals surface area contributed by atoms with Crippen molar-refractivity contribution < 1.29 is 0 Å². The van der Waals surface area contributed by atoms with Crippen molar-refractivity contribution in [2.45, 2.75) is 0 Å². The van der Waals surface area contributed by atoms with Gasteiger partial charge < -0.3 is 9.13 Å². The molecular formula is C70H30N12. The first-order valence-electron chi connectivity index (χ1n) is 25.1. The van der Waals surface area contributed by atoms with Gasteiger partial charge in [0.05, 0.1) is 113 Å². The first kappa shape index (κ1) is 49.6. The molecule has 0 bridgehead atoms. The Morgan fingerprint density at radius 3 is 1.20 bits per heavy atom. The minimum atomic E-state index is 0.241. The molecule has 2 heterocycles. The lowest BCUT2D eigenvalue weighted by Crippen LogP contribution is -2.03. The molecule has 0 saturated heterocycles. The molecule has 0 unspecified atom stereocenters. The molecule has 2 aromatic heterocycles. The molecule has 0 spiro atoms.